The summed E-state index contributed by atoms with van der Waals surface area (Å²) in [6.45, 7) is 2.36. The Labute approximate surface area is 59.8 Å². The minimum atomic E-state index is -0.674. The Kier molecular flexibility index (Phi) is 4.57. The second-order valence-corrected chi connectivity index (χ2v) is 2.03. The van der Waals surface area contributed by atoms with Crippen LogP contribution in [-0.4, -0.2) is 29.4 Å². The van der Waals surface area contributed by atoms with Gasteiger partial charge < -0.3 is 15.6 Å². The summed E-state index contributed by atoms with van der Waals surface area (Å²) in [5, 5.41) is 8.95. The molecule has 0 spiro atoms. The third-order valence-electron chi connectivity index (χ3n) is 0.703. The van der Waals surface area contributed by atoms with Crippen molar-refractivity contribution >= 4 is 17.3 Å². The fourth-order valence-electron chi connectivity index (χ4n) is 0.280. The van der Waals surface area contributed by atoms with Gasteiger partial charge in [0, 0.05) is 6.54 Å². The fourth-order valence-corrected chi connectivity index (χ4v) is 0.363. The molecule has 0 fully saturated rings. The summed E-state index contributed by atoms with van der Waals surface area (Å²) >= 11 is 4.62. The van der Waals surface area contributed by atoms with Crippen LogP contribution >= 0.6 is 12.2 Å². The molecule has 0 heterocycles. The van der Waals surface area contributed by atoms with Crippen molar-refractivity contribution in [1.82, 2.24) is 0 Å². The van der Waals surface area contributed by atoms with Crippen LogP contribution < -0.4 is 5.73 Å². The van der Waals surface area contributed by atoms with Gasteiger partial charge in [-0.3, -0.25) is 0 Å². The summed E-state index contributed by atoms with van der Waals surface area (Å²) in [5.74, 6) is 0. The molecule has 0 aliphatic heterocycles. The summed E-state index contributed by atoms with van der Waals surface area (Å²) < 4.78 is 4.81. The molecule has 1 unspecified atom stereocenters. The molecule has 0 saturated carbocycles. The van der Waals surface area contributed by atoms with Gasteiger partial charge in [-0.05, 0) is 19.1 Å². The number of aliphatic hydroxyl groups excluding tert-OH is 1. The van der Waals surface area contributed by atoms with Crippen molar-refractivity contribution in [3.63, 3.8) is 0 Å². The summed E-state index contributed by atoms with van der Waals surface area (Å²) in [4.78, 5) is 0. The summed E-state index contributed by atoms with van der Waals surface area (Å²) in [6, 6.07) is 0. The molecule has 3 N–H and O–H groups in total. The van der Waals surface area contributed by atoms with Crippen molar-refractivity contribution in [1.29, 1.82) is 0 Å². The minimum absolute atomic E-state index is 0.209. The van der Waals surface area contributed by atoms with Crippen molar-refractivity contribution in [3.05, 3.63) is 0 Å². The van der Waals surface area contributed by atoms with E-state index in [1.54, 1.807) is 6.92 Å². The standard InChI is InChI=1S/C5H11NO2S/c1-4(7)5(9)8-3-2-6/h4,7H,2-3,6H2,1H3. The van der Waals surface area contributed by atoms with Gasteiger partial charge in [-0.15, -0.1) is 0 Å². The van der Waals surface area contributed by atoms with E-state index in [9.17, 15) is 0 Å². The SMILES string of the molecule is CC(O)C(=S)OCCN. The average molecular weight is 149 g/mol. The van der Waals surface area contributed by atoms with E-state index in [4.69, 9.17) is 15.6 Å². The highest BCUT2D eigenvalue weighted by molar-refractivity contribution is 7.80. The Hall–Kier alpha value is -0.190. The molecule has 54 valence electrons. The lowest BCUT2D eigenvalue weighted by atomic mass is 10.4. The second kappa shape index (κ2) is 4.67. The minimum Gasteiger partial charge on any atom is -0.483 e. The highest BCUT2D eigenvalue weighted by Crippen LogP contribution is 1.88. The van der Waals surface area contributed by atoms with E-state index in [0.717, 1.165) is 0 Å². The van der Waals surface area contributed by atoms with Crippen LogP contribution in [-0.2, 0) is 4.74 Å². The van der Waals surface area contributed by atoms with Gasteiger partial charge in [-0.1, -0.05) is 0 Å². The van der Waals surface area contributed by atoms with Crippen molar-refractivity contribution < 1.29 is 9.84 Å². The molecule has 0 rings (SSSR count). The van der Waals surface area contributed by atoms with Crippen molar-refractivity contribution in [2.75, 3.05) is 13.2 Å². The average Bonchev–Trinajstić information content (AvgIpc) is 1.82. The van der Waals surface area contributed by atoms with Crippen LogP contribution in [0.15, 0.2) is 0 Å². The molecule has 4 heteroatoms. The van der Waals surface area contributed by atoms with Gasteiger partial charge in [0.05, 0.1) is 0 Å². The van der Waals surface area contributed by atoms with Gasteiger partial charge in [-0.2, -0.15) is 0 Å². The molecular weight excluding hydrogens is 138 g/mol. The van der Waals surface area contributed by atoms with Crippen molar-refractivity contribution in [3.8, 4) is 0 Å². The zero-order chi connectivity index (χ0) is 7.28. The van der Waals surface area contributed by atoms with Crippen LogP contribution in [0.5, 0.6) is 0 Å². The predicted molar refractivity (Wildman–Crippen MR) is 39.3 cm³/mol. The molecule has 1 atom stereocenters. The van der Waals surface area contributed by atoms with Gasteiger partial charge in [-0.25, -0.2) is 0 Å². The van der Waals surface area contributed by atoms with E-state index in [-0.39, 0.29) is 5.05 Å². The van der Waals surface area contributed by atoms with E-state index in [2.05, 4.69) is 12.2 Å². The zero-order valence-corrected chi connectivity index (χ0v) is 6.15. The second-order valence-electron chi connectivity index (χ2n) is 1.63. The number of nitrogens with two attached hydrogens (primary N) is 1. The van der Waals surface area contributed by atoms with Crippen LogP contribution in [0.1, 0.15) is 6.92 Å². The number of hydrogen-bond donors (Lipinski definition) is 2. The van der Waals surface area contributed by atoms with Crippen molar-refractivity contribution in [2.45, 2.75) is 13.0 Å². The number of rotatable bonds is 3. The Morgan fingerprint density at radius 2 is 2.44 bits per heavy atom. The number of ether oxygens (including phenoxy) is 1. The molecule has 0 aromatic carbocycles. The van der Waals surface area contributed by atoms with Gasteiger partial charge in [0.1, 0.15) is 12.7 Å². The molecule has 0 amide bonds. The van der Waals surface area contributed by atoms with Crippen LogP contribution in [0.25, 0.3) is 0 Å². The molecule has 3 nitrogen and oxygen atoms in total. The first-order valence-electron chi connectivity index (χ1n) is 2.73. The van der Waals surface area contributed by atoms with Gasteiger partial charge in [0.2, 0.25) is 0 Å². The largest absolute Gasteiger partial charge is 0.483 e. The van der Waals surface area contributed by atoms with E-state index in [1.807, 2.05) is 0 Å². The fraction of sp³-hybridized carbons (Fsp3) is 0.800. The lowest BCUT2D eigenvalue weighted by Crippen LogP contribution is -2.20. The molecule has 0 bridgehead atoms. The molecule has 0 aliphatic carbocycles. The first-order chi connectivity index (χ1) is 4.18. The van der Waals surface area contributed by atoms with Crippen LogP contribution in [0.4, 0.5) is 0 Å². The number of thiocarbonyl (C=S) groups is 1. The maximum absolute atomic E-state index is 8.74. The van der Waals surface area contributed by atoms with Crippen LogP contribution in [0.3, 0.4) is 0 Å². The van der Waals surface area contributed by atoms with Gasteiger partial charge in [0.25, 0.3) is 0 Å². The molecule has 0 aromatic rings. The quantitative estimate of drug-likeness (QED) is 0.539. The smallest absolute Gasteiger partial charge is 0.188 e. The Balaban J connectivity index is 3.28. The summed E-state index contributed by atoms with van der Waals surface area (Å²) in [5.41, 5.74) is 5.11. The van der Waals surface area contributed by atoms with E-state index in [1.165, 1.54) is 0 Å². The third-order valence-corrected chi connectivity index (χ3v) is 1.16. The highest BCUT2D eigenvalue weighted by Gasteiger charge is 2.02. The Morgan fingerprint density at radius 1 is 1.89 bits per heavy atom. The molecular formula is C5H11NO2S. The Morgan fingerprint density at radius 3 is 2.78 bits per heavy atom. The monoisotopic (exact) mass is 149 g/mol. The third kappa shape index (κ3) is 4.32. The van der Waals surface area contributed by atoms with Crippen molar-refractivity contribution in [2.24, 2.45) is 5.73 Å². The lowest BCUT2D eigenvalue weighted by molar-refractivity contribution is 0.209. The van der Waals surface area contributed by atoms with Crippen LogP contribution in [0.2, 0.25) is 0 Å². The van der Waals surface area contributed by atoms with Crippen LogP contribution in [0, 0.1) is 0 Å². The van der Waals surface area contributed by atoms with E-state index >= 15 is 0 Å². The van der Waals surface area contributed by atoms with E-state index < -0.39 is 6.10 Å². The maximum atomic E-state index is 8.74. The molecule has 0 saturated heterocycles. The van der Waals surface area contributed by atoms with Gasteiger partial charge >= 0.3 is 0 Å². The molecule has 0 aliphatic rings. The highest BCUT2D eigenvalue weighted by atomic mass is 32.1. The maximum Gasteiger partial charge on any atom is 0.188 e. The van der Waals surface area contributed by atoms with E-state index in [0.29, 0.717) is 13.2 Å². The Bertz CT molecular complexity index is 95.0. The molecule has 0 aromatic heterocycles. The normalized spacial score (nSPS) is 12.8. The lowest BCUT2D eigenvalue weighted by Gasteiger charge is -2.06. The predicted octanol–water partition coefficient (Wildman–Crippen LogP) is -0.330. The molecule has 0 radical (unpaired) electrons. The van der Waals surface area contributed by atoms with Gasteiger partial charge in [0.15, 0.2) is 5.05 Å². The number of hydrogen-bond acceptors (Lipinski definition) is 4. The first kappa shape index (κ1) is 8.81. The summed E-state index contributed by atoms with van der Waals surface area (Å²) in [7, 11) is 0. The molecule has 9 heavy (non-hydrogen) atoms. The first-order valence-corrected chi connectivity index (χ1v) is 3.14. The summed E-state index contributed by atoms with van der Waals surface area (Å²) in [6.07, 6.45) is -0.674. The number of aliphatic hydroxyl groups is 1. The zero-order valence-electron chi connectivity index (χ0n) is 5.33. The topological polar surface area (TPSA) is 55.5 Å².